The third-order valence-corrected chi connectivity index (χ3v) is 24.9. The number of nitrogens with one attached hydrogen (secondary N) is 3. The van der Waals surface area contributed by atoms with Crippen LogP contribution in [0.1, 0.15) is 37.4 Å². The first-order chi connectivity index (χ1) is 59.3. The van der Waals surface area contributed by atoms with Crippen LogP contribution in [-0.2, 0) is 96.5 Å². The second-order valence-corrected chi connectivity index (χ2v) is 35.2. The Balaban J connectivity index is 0.657. The molecule has 5 unspecified atom stereocenters. The van der Waals surface area contributed by atoms with Gasteiger partial charge in [-0.1, -0.05) is 0 Å². The van der Waals surface area contributed by atoms with Crippen molar-refractivity contribution in [2.75, 3.05) is 74.0 Å². The molecule has 6 aliphatic heterocycles. The molecular formula is C57H73N24O40P5. The molecule has 28 N–H and O–H groups in total. The van der Waals surface area contributed by atoms with Gasteiger partial charge in [0.15, 0.2) is 65.3 Å². The predicted molar refractivity (Wildman–Crippen MR) is 402 cm³/mol. The van der Waals surface area contributed by atoms with Crippen molar-refractivity contribution < 1.29 is 162 Å². The van der Waals surface area contributed by atoms with Crippen LogP contribution in [0.3, 0.4) is 0 Å². The molecule has 9 aromatic rings. The van der Waals surface area contributed by atoms with Gasteiger partial charge in [0.2, 0.25) is 17.8 Å². The maximum Gasteiger partial charge on any atom is 0.472 e. The Hall–Kier alpha value is -9.52. The molecule has 0 bridgehead atoms. The van der Waals surface area contributed by atoms with Crippen LogP contribution < -0.4 is 68.1 Å². The normalized spacial score (nSPS) is 32.4. The lowest BCUT2D eigenvalue weighted by Gasteiger charge is -2.27. The molecule has 6 saturated heterocycles. The van der Waals surface area contributed by atoms with E-state index < -0.39 is 306 Å². The Morgan fingerprint density at radius 3 is 1.04 bits per heavy atom. The zero-order valence-electron chi connectivity index (χ0n) is 63.0. The van der Waals surface area contributed by atoms with Gasteiger partial charge >= 0.3 is 56.2 Å². The fourth-order valence-electron chi connectivity index (χ4n) is 14.2. The summed E-state index contributed by atoms with van der Waals surface area (Å²) in [5, 5.41) is 91.2. The minimum Gasteiger partial charge on any atom is -0.394 e. The Bertz CT molecular complexity index is 6260. The number of rotatable bonds is 32. The van der Waals surface area contributed by atoms with E-state index in [2.05, 4.69) is 59.8 Å². The molecular weight excluding hydrogens is 1820 g/mol. The molecule has 0 amide bonds. The average molecular weight is 1890 g/mol. The molecule has 6 aliphatic rings. The fourth-order valence-corrected chi connectivity index (χ4v) is 19.0. The molecule has 69 heteroatoms. The third-order valence-electron chi connectivity index (χ3n) is 19.9. The summed E-state index contributed by atoms with van der Waals surface area (Å²) >= 11 is 0. The second kappa shape index (κ2) is 35.2. The van der Waals surface area contributed by atoms with Gasteiger partial charge in [0.1, 0.15) is 133 Å². The number of anilines is 6. The van der Waals surface area contributed by atoms with Gasteiger partial charge in [0, 0.05) is 24.7 Å². The number of imidazole rings is 3. The van der Waals surface area contributed by atoms with Crippen LogP contribution in [-0.4, -0.2) is 302 Å². The number of aliphatic hydroxyl groups is 8. The molecule has 15 rings (SSSR count). The van der Waals surface area contributed by atoms with Gasteiger partial charge in [-0.3, -0.25) is 102 Å². The number of phosphoric acid groups is 5. The number of phosphoric ester groups is 5. The van der Waals surface area contributed by atoms with Crippen molar-refractivity contribution in [2.24, 2.45) is 0 Å². The number of aromatic amines is 3. The summed E-state index contributed by atoms with van der Waals surface area (Å²) in [5.41, 5.74) is 26.5. The lowest BCUT2D eigenvalue weighted by Crippen LogP contribution is -2.39. The average Bonchev–Trinajstić information content (AvgIpc) is 1.63. The molecule has 686 valence electrons. The van der Waals surface area contributed by atoms with Crippen molar-refractivity contribution in [3.8, 4) is 0 Å². The molecule has 0 radical (unpaired) electrons. The highest BCUT2D eigenvalue weighted by molar-refractivity contribution is 7.48. The summed E-state index contributed by atoms with van der Waals surface area (Å²) in [5.74, 6) is -2.55. The molecule has 126 heavy (non-hydrogen) atoms. The number of H-pyrrole nitrogens is 3. The van der Waals surface area contributed by atoms with Gasteiger partial charge in [0.05, 0.1) is 58.6 Å². The van der Waals surface area contributed by atoms with Crippen molar-refractivity contribution in [3.63, 3.8) is 0 Å². The minimum atomic E-state index is -6.06. The molecule has 0 spiro atoms. The monoisotopic (exact) mass is 1890 g/mol. The maximum atomic E-state index is 14.5. The number of nitrogens with zero attached hydrogens (tertiary/aromatic N) is 15. The SMILES string of the molecule is Nc1ccn([C@@H]2O[C@H](COP(=O)(O)O[C@H]3[C@@H](O)[C@H](n4ccc(N)nc4=O)O[C@@H]3COP(=O)(O)O[C@H]3[C@@H](O)[C@H](n4cnc5c(=O)[nH]c(N)nc54)O[C@@H]3COP(=O)(O)O[C@H]3[C@@H](O)[C@H](n4cnc5c(=O)[nH]c(N)nc54)O[C@@H]3COP(=O)(O)O[C@H]3[C@@H](O)[C@H](n4ccc(=O)nc4N)O[C@@H]3CO)[C@@H](OP(=O)(O)OC[C@H]3O[C@@H](n4cnc5c(N)[nH]c(=O)nc54)[C@H](O)[C@@H]3O)[C@H]2O)c(=O)n1. The predicted octanol–water partition coefficient (Wildman–Crippen LogP) is -9.94. The van der Waals surface area contributed by atoms with E-state index in [9.17, 15) is 117 Å². The lowest BCUT2D eigenvalue weighted by atomic mass is 10.1. The zero-order valence-corrected chi connectivity index (χ0v) is 67.5. The van der Waals surface area contributed by atoms with Crippen molar-refractivity contribution >= 4 is 108 Å². The summed E-state index contributed by atoms with van der Waals surface area (Å²) in [6.07, 6.45) is -44.4. The third kappa shape index (κ3) is 18.6. The number of fused-ring (bicyclic) bond motifs is 3. The van der Waals surface area contributed by atoms with Gasteiger partial charge in [-0.15, -0.1) is 0 Å². The van der Waals surface area contributed by atoms with E-state index in [1.807, 2.05) is 0 Å². The summed E-state index contributed by atoms with van der Waals surface area (Å²) in [7, 11) is -29.4. The van der Waals surface area contributed by atoms with Crippen LogP contribution in [0.2, 0.25) is 0 Å². The van der Waals surface area contributed by atoms with Crippen molar-refractivity contribution in [2.45, 2.75) is 147 Å². The molecule has 64 nitrogen and oxygen atoms in total. The lowest BCUT2D eigenvalue weighted by molar-refractivity contribution is -0.0661. The van der Waals surface area contributed by atoms with Crippen LogP contribution >= 0.6 is 39.1 Å². The van der Waals surface area contributed by atoms with Crippen molar-refractivity contribution in [3.05, 3.63) is 118 Å². The number of ether oxygens (including phenoxy) is 6. The first kappa shape index (κ1) is 91.2. The second-order valence-electron chi connectivity index (χ2n) is 28.1. The molecule has 0 aliphatic carbocycles. The Kier molecular flexibility index (Phi) is 25.5. The Labute approximate surface area is 694 Å². The van der Waals surface area contributed by atoms with E-state index in [-0.39, 0.29) is 22.8 Å². The van der Waals surface area contributed by atoms with E-state index in [1.54, 1.807) is 0 Å². The van der Waals surface area contributed by atoms with E-state index in [0.29, 0.717) is 9.13 Å². The molecule has 0 aromatic carbocycles. The largest absolute Gasteiger partial charge is 0.472 e. The molecule has 0 saturated carbocycles. The number of hydrogen-bond donors (Lipinski definition) is 22. The van der Waals surface area contributed by atoms with Crippen LogP contribution in [0.5, 0.6) is 0 Å². The van der Waals surface area contributed by atoms with Gasteiger partial charge in [-0.2, -0.15) is 29.9 Å². The summed E-state index contributed by atoms with van der Waals surface area (Å²) in [6, 6.07) is 2.96. The van der Waals surface area contributed by atoms with E-state index in [0.717, 1.165) is 74.0 Å². The quantitative estimate of drug-likeness (QED) is 0.0174. The maximum absolute atomic E-state index is 14.5. The summed E-state index contributed by atoms with van der Waals surface area (Å²) < 4.78 is 164. The zero-order chi connectivity index (χ0) is 90.6. The van der Waals surface area contributed by atoms with E-state index in [1.165, 1.54) is 0 Å². The van der Waals surface area contributed by atoms with Crippen LogP contribution in [0.15, 0.2) is 84.5 Å². The van der Waals surface area contributed by atoms with Gasteiger partial charge in [0.25, 0.3) is 16.7 Å². The summed E-state index contributed by atoms with van der Waals surface area (Å²) in [4.78, 5) is 174. The van der Waals surface area contributed by atoms with Crippen molar-refractivity contribution in [1.29, 1.82) is 0 Å². The number of hydrogen-bond acceptors (Lipinski definition) is 50. The van der Waals surface area contributed by atoms with Crippen molar-refractivity contribution in [1.82, 2.24) is 87.2 Å². The topological polar surface area (TPSA) is 948 Å². The fraction of sp³-hybridized carbons (Fsp3) is 0.526. The number of aromatic nitrogens is 18. The van der Waals surface area contributed by atoms with E-state index >= 15 is 0 Å². The molecule has 6 fully saturated rings. The first-order valence-electron chi connectivity index (χ1n) is 36.2. The summed E-state index contributed by atoms with van der Waals surface area (Å²) in [6.45, 7) is -7.82. The highest BCUT2D eigenvalue weighted by atomic mass is 31.2. The van der Waals surface area contributed by atoms with Gasteiger partial charge in [-0.25, -0.2) is 52.2 Å². The Morgan fingerprint density at radius 2 is 0.675 bits per heavy atom. The van der Waals surface area contributed by atoms with E-state index in [4.69, 9.17) is 108 Å². The molecule has 9 aromatic heterocycles. The standard InChI is InChI=1S/C57H73N24O40P5/c58-22-1-4-77(56(94)67-22)48-31(87)36(118-122(96,97)106-8-17-28(84)29(85)46(112-17)79-13-64-25-40(60)70-55(93)73-41(25)79)18(113-48)9-108-124(100,101)119-37-19(114-49(32(37)88)78-5-2-23(59)68-57(78)95)10-109-125(102,103)120-39-21(116-51(34(39)90)81-15-66-27-43(81)72-53(62)75-45(27)92)12-110-126(104,105)121-38-20(115-50(33(38)89)80-14-65-26-42(80)71-52(61)74-44(26)91)11-107-123(98,99)117-35-16(7-82)111-47(30(35)86)76-6-3-24(83)69-54(76)63/h1-6,13-21,28-39,46-51,82,84-90H,7-12H2,(H,96,97)(H,98,99)(H,100,101)(H,102,103)(H,104,105)(H2,58,67,94)(H2,59,68,95)(H2,63,69,83)(H3,60,70,73,93)(H3,61,71,74,91)(H3,62,72,75,92)/t16-,17-,18-,19-,20-,21-,28-,29-,30-,31-,32-,33-,34-,35-,36-,37-,38-,39-,46-,47-,48-,49-,50-,51-/m1/s1. The highest BCUT2D eigenvalue weighted by Gasteiger charge is 2.58. The highest BCUT2D eigenvalue weighted by Crippen LogP contribution is 2.57. The van der Waals surface area contributed by atoms with Crippen LogP contribution in [0.25, 0.3) is 33.5 Å². The van der Waals surface area contributed by atoms with Gasteiger partial charge < -0.3 is 128 Å². The first-order valence-corrected chi connectivity index (χ1v) is 43.6. The smallest absolute Gasteiger partial charge is 0.394 e. The van der Waals surface area contributed by atoms with Crippen LogP contribution in [0, 0.1) is 0 Å². The minimum absolute atomic E-state index is 0.0612. The van der Waals surface area contributed by atoms with Crippen LogP contribution in [0.4, 0.5) is 35.3 Å². The molecule has 29 atom stereocenters. The number of nitrogens with two attached hydrogens (primary N) is 6. The number of aliphatic hydroxyl groups excluding tert-OH is 8. The Morgan fingerprint density at radius 1 is 0.365 bits per heavy atom. The van der Waals surface area contributed by atoms with Gasteiger partial charge in [-0.05, 0) is 12.1 Å². The number of nitrogen functional groups attached to an aromatic ring is 6. The molecule has 15 heterocycles.